The second kappa shape index (κ2) is 5.29. The molecule has 0 aliphatic carbocycles. The van der Waals surface area contributed by atoms with Gasteiger partial charge in [0.2, 0.25) is 0 Å². The van der Waals surface area contributed by atoms with Gasteiger partial charge in [-0.25, -0.2) is 0 Å². The molecule has 0 unspecified atom stereocenters. The maximum absolute atomic E-state index is 11.6. The highest BCUT2D eigenvalue weighted by molar-refractivity contribution is 5.92. The summed E-state index contributed by atoms with van der Waals surface area (Å²) in [4.78, 5) is 21.6. The summed E-state index contributed by atoms with van der Waals surface area (Å²) in [5, 5.41) is 20.9. The van der Waals surface area contributed by atoms with Crippen LogP contribution in [0.25, 0.3) is 0 Å². The summed E-state index contributed by atoms with van der Waals surface area (Å²) < 4.78 is 2.93. The number of carbonyl (C=O) groups is 1. The van der Waals surface area contributed by atoms with Crippen LogP contribution >= 0.6 is 0 Å². The van der Waals surface area contributed by atoms with Crippen molar-refractivity contribution in [2.24, 2.45) is 7.05 Å². The number of aryl methyl sites for hydroxylation is 1. The first kappa shape index (κ1) is 12.7. The molecule has 1 N–H and O–H groups in total. The van der Waals surface area contributed by atoms with E-state index in [-0.39, 0.29) is 11.6 Å². The van der Waals surface area contributed by atoms with Crippen molar-refractivity contribution in [3.8, 4) is 0 Å². The van der Waals surface area contributed by atoms with Gasteiger partial charge in [0.1, 0.15) is 18.1 Å². The van der Waals surface area contributed by atoms with Crippen LogP contribution < -0.4 is 5.32 Å². The van der Waals surface area contributed by atoms with Crippen LogP contribution in [-0.4, -0.2) is 36.9 Å². The number of hydrogen-bond acceptors (Lipinski definition) is 5. The highest BCUT2D eigenvalue weighted by Gasteiger charge is 2.10. The molecule has 0 aromatic carbocycles. The zero-order valence-electron chi connectivity index (χ0n) is 10.2. The van der Waals surface area contributed by atoms with Crippen LogP contribution in [0.3, 0.4) is 0 Å². The molecule has 0 saturated carbocycles. The van der Waals surface area contributed by atoms with Crippen molar-refractivity contribution in [3.63, 3.8) is 0 Å². The Kier molecular flexibility index (Phi) is 3.55. The van der Waals surface area contributed by atoms with Crippen molar-refractivity contribution in [2.75, 3.05) is 6.54 Å². The van der Waals surface area contributed by atoms with Gasteiger partial charge in [0.15, 0.2) is 0 Å². The van der Waals surface area contributed by atoms with Gasteiger partial charge in [-0.3, -0.25) is 24.3 Å². The third-order valence-electron chi connectivity index (χ3n) is 2.40. The van der Waals surface area contributed by atoms with Gasteiger partial charge < -0.3 is 5.32 Å². The number of nitro groups is 1. The Morgan fingerprint density at radius 3 is 2.95 bits per heavy atom. The van der Waals surface area contributed by atoms with E-state index in [1.807, 2.05) is 0 Å². The number of hydrogen-bond donors (Lipinski definition) is 1. The number of carbonyl (C=O) groups excluding carboxylic acids is 1. The molecular weight excluding hydrogens is 252 g/mol. The van der Waals surface area contributed by atoms with Crippen LogP contribution in [0.2, 0.25) is 0 Å². The second-order valence-corrected chi connectivity index (χ2v) is 3.85. The third kappa shape index (κ3) is 3.15. The summed E-state index contributed by atoms with van der Waals surface area (Å²) in [5.74, 6) is -0.290. The van der Waals surface area contributed by atoms with Crippen molar-refractivity contribution in [3.05, 3.63) is 40.5 Å². The Bertz CT molecular complexity index is 602. The predicted octanol–water partition coefficient (Wildman–Crippen LogP) is -0.0452. The molecule has 1 amide bonds. The third-order valence-corrected chi connectivity index (χ3v) is 2.40. The summed E-state index contributed by atoms with van der Waals surface area (Å²) >= 11 is 0. The van der Waals surface area contributed by atoms with Crippen molar-refractivity contribution in [1.82, 2.24) is 24.9 Å². The fraction of sp³-hybridized carbons (Fsp3) is 0.300. The lowest BCUT2D eigenvalue weighted by Crippen LogP contribution is -2.27. The van der Waals surface area contributed by atoms with Crippen LogP contribution in [0, 0.1) is 10.1 Å². The molecule has 0 spiro atoms. The number of nitrogens with one attached hydrogen (secondary N) is 1. The molecular formula is C10H12N6O3. The van der Waals surface area contributed by atoms with Crippen molar-refractivity contribution in [2.45, 2.75) is 6.54 Å². The van der Waals surface area contributed by atoms with Gasteiger partial charge in [-0.05, 0) is 6.07 Å². The van der Waals surface area contributed by atoms with Crippen molar-refractivity contribution < 1.29 is 9.72 Å². The molecule has 0 fully saturated rings. The molecule has 0 atom stereocenters. The lowest BCUT2D eigenvalue weighted by atomic mass is 10.4. The predicted molar refractivity (Wildman–Crippen MR) is 64.4 cm³/mol. The number of rotatable bonds is 5. The number of aromatic nitrogens is 4. The normalized spacial score (nSPS) is 10.4. The van der Waals surface area contributed by atoms with E-state index in [2.05, 4.69) is 15.5 Å². The van der Waals surface area contributed by atoms with Gasteiger partial charge in [0.25, 0.3) is 5.91 Å². The van der Waals surface area contributed by atoms with E-state index in [9.17, 15) is 14.9 Å². The minimum absolute atomic E-state index is 0.0731. The summed E-state index contributed by atoms with van der Waals surface area (Å²) in [6.07, 6.45) is 4.15. The van der Waals surface area contributed by atoms with Crippen LogP contribution in [0.5, 0.6) is 0 Å². The van der Waals surface area contributed by atoms with E-state index >= 15 is 0 Å². The molecule has 9 heteroatoms. The van der Waals surface area contributed by atoms with E-state index < -0.39 is 4.92 Å². The van der Waals surface area contributed by atoms with E-state index in [4.69, 9.17) is 0 Å². The first-order chi connectivity index (χ1) is 9.06. The van der Waals surface area contributed by atoms with Crippen LogP contribution in [0.4, 0.5) is 5.69 Å². The van der Waals surface area contributed by atoms with Gasteiger partial charge in [0, 0.05) is 19.8 Å². The smallest absolute Gasteiger partial charge is 0.306 e. The van der Waals surface area contributed by atoms with E-state index in [0.29, 0.717) is 18.8 Å². The standard InChI is InChI=1S/C10H12N6O3/c1-14-4-2-9(13-14)10(17)11-3-5-15-7-8(6-12-15)16(18)19/h2,4,6-7H,3,5H2,1H3,(H,11,17). The van der Waals surface area contributed by atoms with Crippen molar-refractivity contribution in [1.29, 1.82) is 0 Å². The SMILES string of the molecule is Cn1ccc(C(=O)NCCn2cc([N+](=O)[O-])cn2)n1. The van der Waals surface area contributed by atoms with Gasteiger partial charge in [-0.15, -0.1) is 0 Å². The van der Waals surface area contributed by atoms with Crippen LogP contribution in [0.1, 0.15) is 10.5 Å². The largest absolute Gasteiger partial charge is 0.349 e. The summed E-state index contributed by atoms with van der Waals surface area (Å²) in [7, 11) is 1.72. The zero-order chi connectivity index (χ0) is 13.8. The molecule has 2 heterocycles. The molecule has 0 radical (unpaired) electrons. The fourth-order valence-electron chi connectivity index (χ4n) is 1.48. The topological polar surface area (TPSA) is 108 Å². The molecule has 0 aliphatic heterocycles. The maximum atomic E-state index is 11.6. The first-order valence-electron chi connectivity index (χ1n) is 5.51. The Morgan fingerprint density at radius 1 is 1.58 bits per heavy atom. The Hall–Kier alpha value is -2.71. The Balaban J connectivity index is 1.83. The van der Waals surface area contributed by atoms with Crippen LogP contribution in [0.15, 0.2) is 24.7 Å². The molecule has 2 rings (SSSR count). The fourth-order valence-corrected chi connectivity index (χ4v) is 1.48. The van der Waals surface area contributed by atoms with Gasteiger partial charge in [-0.2, -0.15) is 10.2 Å². The zero-order valence-corrected chi connectivity index (χ0v) is 10.2. The average molecular weight is 264 g/mol. The van der Waals surface area contributed by atoms with Crippen LogP contribution in [-0.2, 0) is 13.6 Å². The van der Waals surface area contributed by atoms with E-state index in [1.165, 1.54) is 21.8 Å². The maximum Gasteiger partial charge on any atom is 0.306 e. The molecule has 0 saturated heterocycles. The summed E-state index contributed by atoms with van der Waals surface area (Å²) in [6.45, 7) is 0.667. The molecule has 0 bridgehead atoms. The molecule has 9 nitrogen and oxygen atoms in total. The van der Waals surface area contributed by atoms with Gasteiger partial charge >= 0.3 is 5.69 Å². The van der Waals surface area contributed by atoms with Crippen molar-refractivity contribution >= 4 is 11.6 Å². The Labute approximate surface area is 108 Å². The van der Waals surface area contributed by atoms with Gasteiger partial charge in [0.05, 0.1) is 11.5 Å². The molecule has 19 heavy (non-hydrogen) atoms. The van der Waals surface area contributed by atoms with Gasteiger partial charge in [-0.1, -0.05) is 0 Å². The quantitative estimate of drug-likeness (QED) is 0.602. The highest BCUT2D eigenvalue weighted by atomic mass is 16.6. The average Bonchev–Trinajstić information content (AvgIpc) is 2.98. The number of amides is 1. The molecule has 2 aromatic heterocycles. The molecule has 0 aliphatic rings. The molecule has 2 aromatic rings. The van der Waals surface area contributed by atoms with E-state index in [0.717, 1.165) is 0 Å². The minimum Gasteiger partial charge on any atom is -0.349 e. The Morgan fingerprint density at radius 2 is 2.37 bits per heavy atom. The summed E-state index contributed by atoms with van der Waals surface area (Å²) in [5.41, 5.74) is 0.255. The minimum atomic E-state index is -0.518. The first-order valence-corrected chi connectivity index (χ1v) is 5.51. The monoisotopic (exact) mass is 264 g/mol. The lowest BCUT2D eigenvalue weighted by molar-refractivity contribution is -0.385. The highest BCUT2D eigenvalue weighted by Crippen LogP contribution is 2.06. The number of nitrogens with zero attached hydrogens (tertiary/aromatic N) is 5. The summed E-state index contributed by atoms with van der Waals surface area (Å²) in [6, 6.07) is 1.61. The second-order valence-electron chi connectivity index (χ2n) is 3.85. The lowest BCUT2D eigenvalue weighted by Gasteiger charge is -2.02. The van der Waals surface area contributed by atoms with E-state index in [1.54, 1.807) is 19.3 Å². The molecule has 100 valence electrons.